The van der Waals surface area contributed by atoms with E-state index in [0.717, 1.165) is 11.1 Å². The smallest absolute Gasteiger partial charge is 0.407 e. The van der Waals surface area contributed by atoms with Crippen LogP contribution in [0.15, 0.2) is 60.7 Å². The third kappa shape index (κ3) is 9.03. The summed E-state index contributed by atoms with van der Waals surface area (Å²) in [5, 5.41) is 5.28. The predicted octanol–water partition coefficient (Wildman–Crippen LogP) is 1.86. The highest BCUT2D eigenvalue weighted by Crippen LogP contribution is 2.22. The molecule has 2 aliphatic rings. The summed E-state index contributed by atoms with van der Waals surface area (Å²) in [6, 6.07) is 16.0. The number of nitrogens with zero attached hydrogens (tertiary/aromatic N) is 2. The summed E-state index contributed by atoms with van der Waals surface area (Å²) in [6.45, 7) is 0.891. The summed E-state index contributed by atoms with van der Waals surface area (Å²) >= 11 is 0. The van der Waals surface area contributed by atoms with Crippen LogP contribution in [0.3, 0.4) is 0 Å². The van der Waals surface area contributed by atoms with Crippen molar-refractivity contribution in [2.45, 2.75) is 69.9 Å². The number of carbonyl (C=O) groups excluding carboxylic acids is 5. The van der Waals surface area contributed by atoms with Crippen molar-refractivity contribution < 1.29 is 33.4 Å². The van der Waals surface area contributed by atoms with Crippen molar-refractivity contribution in [2.75, 3.05) is 26.2 Å². The summed E-state index contributed by atoms with van der Waals surface area (Å²) in [5.74, 6) is -1.74. The van der Waals surface area contributed by atoms with Crippen LogP contribution in [0.4, 0.5) is 4.79 Å². The third-order valence-electron chi connectivity index (χ3n) is 7.82. The molecule has 2 aliphatic heterocycles. The molecule has 0 aliphatic carbocycles. The number of nitrogens with one attached hydrogen (secondary N) is 2. The van der Waals surface area contributed by atoms with E-state index in [4.69, 9.17) is 15.2 Å². The molecule has 4 N–H and O–H groups in total. The zero-order chi connectivity index (χ0) is 31.3. The van der Waals surface area contributed by atoms with Crippen LogP contribution in [0.5, 0.6) is 0 Å². The van der Waals surface area contributed by atoms with Crippen molar-refractivity contribution in [3.63, 3.8) is 0 Å². The SMILES string of the molecule is NCCC[C@H](NC(=O)[C@@H]1CCCN1C(=O)CNC(=O)OCc1ccccc1)C(=O)N1CCCC1C(=O)OCc1ccccc1. The number of benzene rings is 2. The molecule has 0 aromatic heterocycles. The summed E-state index contributed by atoms with van der Waals surface area (Å²) in [5.41, 5.74) is 7.38. The second-order valence-electron chi connectivity index (χ2n) is 10.9. The first-order chi connectivity index (χ1) is 21.4. The van der Waals surface area contributed by atoms with Gasteiger partial charge in [0.15, 0.2) is 0 Å². The lowest BCUT2D eigenvalue weighted by Gasteiger charge is -2.30. The second kappa shape index (κ2) is 16.4. The Balaban J connectivity index is 1.31. The Labute approximate surface area is 257 Å². The van der Waals surface area contributed by atoms with Crippen LogP contribution >= 0.6 is 0 Å². The first kappa shape index (κ1) is 32.5. The minimum Gasteiger partial charge on any atom is -0.459 e. The molecule has 0 saturated carbocycles. The van der Waals surface area contributed by atoms with Crippen molar-refractivity contribution in [3.05, 3.63) is 71.8 Å². The molecule has 2 aromatic rings. The first-order valence-corrected chi connectivity index (χ1v) is 15.1. The molecule has 1 unspecified atom stereocenters. The van der Waals surface area contributed by atoms with Crippen LogP contribution in [0, 0.1) is 0 Å². The van der Waals surface area contributed by atoms with Gasteiger partial charge in [-0.2, -0.15) is 0 Å². The van der Waals surface area contributed by atoms with E-state index in [1.54, 1.807) is 0 Å². The normalized spacial score (nSPS) is 18.4. The summed E-state index contributed by atoms with van der Waals surface area (Å²) in [7, 11) is 0. The van der Waals surface area contributed by atoms with Gasteiger partial charge in [-0.15, -0.1) is 0 Å². The summed E-state index contributed by atoms with van der Waals surface area (Å²) < 4.78 is 10.7. The monoisotopic (exact) mass is 607 g/mol. The van der Waals surface area contributed by atoms with E-state index >= 15 is 0 Å². The van der Waals surface area contributed by atoms with E-state index in [-0.39, 0.29) is 25.7 Å². The Morgan fingerprint density at radius 3 is 2.05 bits per heavy atom. The van der Waals surface area contributed by atoms with Crippen molar-refractivity contribution >= 4 is 29.8 Å². The van der Waals surface area contributed by atoms with Gasteiger partial charge < -0.3 is 35.6 Å². The second-order valence-corrected chi connectivity index (χ2v) is 10.9. The Hall–Kier alpha value is -4.45. The van der Waals surface area contributed by atoms with Gasteiger partial charge in [0.1, 0.15) is 37.9 Å². The quantitative estimate of drug-likeness (QED) is 0.291. The number of alkyl carbamates (subject to hydrolysis) is 1. The molecule has 0 bridgehead atoms. The minimum absolute atomic E-state index is 0.0659. The predicted molar refractivity (Wildman–Crippen MR) is 161 cm³/mol. The molecule has 12 nitrogen and oxygen atoms in total. The van der Waals surface area contributed by atoms with Crippen LogP contribution in [0.25, 0.3) is 0 Å². The van der Waals surface area contributed by atoms with Gasteiger partial charge in [0.2, 0.25) is 17.7 Å². The van der Waals surface area contributed by atoms with E-state index in [2.05, 4.69) is 10.6 Å². The number of likely N-dealkylation sites (tertiary alicyclic amines) is 2. The molecule has 3 atom stereocenters. The first-order valence-electron chi connectivity index (χ1n) is 15.1. The van der Waals surface area contributed by atoms with Gasteiger partial charge in [0, 0.05) is 13.1 Å². The molecule has 236 valence electrons. The largest absolute Gasteiger partial charge is 0.459 e. The fraction of sp³-hybridized carbons (Fsp3) is 0.469. The molecule has 0 radical (unpaired) electrons. The summed E-state index contributed by atoms with van der Waals surface area (Å²) in [4.78, 5) is 68.0. The van der Waals surface area contributed by atoms with Crippen LogP contribution in [-0.4, -0.2) is 83.9 Å². The van der Waals surface area contributed by atoms with E-state index in [1.165, 1.54) is 9.80 Å². The highest BCUT2D eigenvalue weighted by atomic mass is 16.5. The van der Waals surface area contributed by atoms with Crippen molar-refractivity contribution in [2.24, 2.45) is 5.73 Å². The highest BCUT2D eigenvalue weighted by molar-refractivity contribution is 5.94. The van der Waals surface area contributed by atoms with E-state index in [0.29, 0.717) is 58.2 Å². The molecule has 4 amide bonds. The summed E-state index contributed by atoms with van der Waals surface area (Å²) in [6.07, 6.45) is 2.17. The molecule has 2 fully saturated rings. The van der Waals surface area contributed by atoms with Gasteiger partial charge in [0.25, 0.3) is 0 Å². The molecule has 2 aromatic carbocycles. The lowest BCUT2D eigenvalue weighted by atomic mass is 10.1. The Morgan fingerprint density at radius 2 is 1.41 bits per heavy atom. The van der Waals surface area contributed by atoms with Gasteiger partial charge in [-0.1, -0.05) is 60.7 Å². The van der Waals surface area contributed by atoms with Gasteiger partial charge in [-0.3, -0.25) is 14.4 Å². The van der Waals surface area contributed by atoms with Crippen molar-refractivity contribution in [1.29, 1.82) is 0 Å². The van der Waals surface area contributed by atoms with Crippen LogP contribution in [-0.2, 0) is 41.9 Å². The number of esters is 1. The Bertz CT molecular complexity index is 1280. The van der Waals surface area contributed by atoms with Crippen LogP contribution < -0.4 is 16.4 Å². The molecule has 0 spiro atoms. The van der Waals surface area contributed by atoms with Gasteiger partial charge in [0.05, 0.1) is 0 Å². The zero-order valence-electron chi connectivity index (χ0n) is 24.8. The fourth-order valence-electron chi connectivity index (χ4n) is 5.51. The number of hydrogen-bond donors (Lipinski definition) is 3. The molecule has 12 heteroatoms. The average molecular weight is 608 g/mol. The average Bonchev–Trinajstić information content (AvgIpc) is 3.75. The number of carbonyl (C=O) groups is 5. The van der Waals surface area contributed by atoms with E-state index in [9.17, 15) is 24.0 Å². The molecule has 4 rings (SSSR count). The van der Waals surface area contributed by atoms with E-state index in [1.807, 2.05) is 60.7 Å². The number of nitrogens with two attached hydrogens (primary N) is 1. The topological polar surface area (TPSA) is 160 Å². The standard InChI is InChI=1S/C32H41N5O7/c33-17-7-14-25(30(40)37-19-9-16-27(37)31(41)43-21-23-10-3-1-4-11-23)35-29(39)26-15-8-18-36(26)28(38)20-34-32(42)44-22-24-12-5-2-6-13-24/h1-6,10-13,25-27H,7-9,14-22,33H2,(H,34,42)(H,35,39)/t25-,26-,27?/m0/s1. The molecular formula is C32H41N5O7. The molecule has 44 heavy (non-hydrogen) atoms. The lowest BCUT2D eigenvalue weighted by molar-refractivity contribution is -0.155. The maximum absolute atomic E-state index is 13.7. The number of amides is 4. The van der Waals surface area contributed by atoms with Crippen molar-refractivity contribution in [3.8, 4) is 0 Å². The molecule has 2 heterocycles. The van der Waals surface area contributed by atoms with Gasteiger partial charge >= 0.3 is 12.1 Å². The van der Waals surface area contributed by atoms with Gasteiger partial charge in [-0.05, 0) is 56.2 Å². The number of rotatable bonds is 13. The third-order valence-corrected chi connectivity index (χ3v) is 7.82. The number of hydrogen-bond acceptors (Lipinski definition) is 8. The van der Waals surface area contributed by atoms with E-state index < -0.39 is 42.0 Å². The maximum Gasteiger partial charge on any atom is 0.407 e. The van der Waals surface area contributed by atoms with Crippen molar-refractivity contribution in [1.82, 2.24) is 20.4 Å². The Kier molecular flexibility index (Phi) is 12.1. The minimum atomic E-state index is -0.905. The maximum atomic E-state index is 13.7. The van der Waals surface area contributed by atoms with Crippen LogP contribution in [0.2, 0.25) is 0 Å². The fourth-order valence-corrected chi connectivity index (χ4v) is 5.51. The van der Waals surface area contributed by atoms with Gasteiger partial charge in [-0.25, -0.2) is 9.59 Å². The molecular weight excluding hydrogens is 566 g/mol. The van der Waals surface area contributed by atoms with Crippen LogP contribution in [0.1, 0.15) is 49.7 Å². The molecule has 2 saturated heterocycles. The Morgan fingerprint density at radius 1 is 0.818 bits per heavy atom. The highest BCUT2D eigenvalue weighted by Gasteiger charge is 2.40. The number of ether oxygens (including phenoxy) is 2. The lowest BCUT2D eigenvalue weighted by Crippen LogP contribution is -2.56. The zero-order valence-corrected chi connectivity index (χ0v) is 24.8.